The van der Waals surface area contributed by atoms with Crippen LogP contribution in [0.5, 0.6) is 5.75 Å². The number of hydrogen-bond donors (Lipinski definition) is 0. The fraction of sp³-hybridized carbons (Fsp3) is 0.562. The van der Waals surface area contributed by atoms with E-state index in [0.29, 0.717) is 6.61 Å². The Hall–Kier alpha value is -1.22. The van der Waals surface area contributed by atoms with Gasteiger partial charge in [0, 0.05) is 6.54 Å². The van der Waals surface area contributed by atoms with Crippen LogP contribution in [0.3, 0.4) is 0 Å². The predicted molar refractivity (Wildman–Crippen MR) is 82.5 cm³/mol. The third-order valence-corrected chi connectivity index (χ3v) is 4.29. The van der Waals surface area contributed by atoms with Gasteiger partial charge in [0.05, 0.1) is 17.5 Å². The quantitative estimate of drug-likeness (QED) is 0.757. The standard InChI is InChI=1S/C16H21ClN2O/c1-3-20-14-9-5-8-13-15(14)18-16(11(2)17)19(13)10-12-6-4-7-12/h5,8-9,11-12H,3-4,6-7,10H2,1-2H3. The second-order valence-corrected chi connectivity index (χ2v) is 6.21. The zero-order chi connectivity index (χ0) is 14.1. The molecule has 0 amide bonds. The molecule has 4 heteroatoms. The monoisotopic (exact) mass is 292 g/mol. The number of rotatable bonds is 5. The van der Waals surface area contributed by atoms with Crippen LogP contribution >= 0.6 is 11.6 Å². The van der Waals surface area contributed by atoms with E-state index in [0.717, 1.165) is 35.1 Å². The van der Waals surface area contributed by atoms with Crippen molar-refractivity contribution in [2.45, 2.75) is 45.0 Å². The maximum absolute atomic E-state index is 6.33. The minimum absolute atomic E-state index is 0.0862. The molecule has 1 unspecified atom stereocenters. The highest BCUT2D eigenvalue weighted by Crippen LogP contribution is 2.34. The number of fused-ring (bicyclic) bond motifs is 1. The van der Waals surface area contributed by atoms with E-state index in [9.17, 15) is 0 Å². The number of ether oxygens (including phenoxy) is 1. The molecule has 1 aromatic heterocycles. The van der Waals surface area contributed by atoms with Gasteiger partial charge in [0.2, 0.25) is 0 Å². The fourth-order valence-electron chi connectivity index (χ4n) is 2.84. The van der Waals surface area contributed by atoms with Crippen molar-refractivity contribution in [2.24, 2.45) is 5.92 Å². The Morgan fingerprint density at radius 1 is 1.45 bits per heavy atom. The van der Waals surface area contributed by atoms with E-state index < -0.39 is 0 Å². The van der Waals surface area contributed by atoms with E-state index in [2.05, 4.69) is 10.6 Å². The van der Waals surface area contributed by atoms with E-state index in [1.807, 2.05) is 26.0 Å². The topological polar surface area (TPSA) is 27.1 Å². The van der Waals surface area contributed by atoms with Crippen molar-refractivity contribution >= 4 is 22.6 Å². The summed E-state index contributed by atoms with van der Waals surface area (Å²) in [6, 6.07) is 6.14. The molecule has 1 aromatic carbocycles. The molecular weight excluding hydrogens is 272 g/mol. The molecule has 1 saturated carbocycles. The molecule has 0 aliphatic heterocycles. The molecule has 0 spiro atoms. The zero-order valence-corrected chi connectivity index (χ0v) is 12.9. The van der Waals surface area contributed by atoms with Crippen molar-refractivity contribution in [3.05, 3.63) is 24.0 Å². The summed E-state index contributed by atoms with van der Waals surface area (Å²) in [6.07, 6.45) is 4.00. The Kier molecular flexibility index (Phi) is 3.88. The first-order valence-corrected chi connectivity index (χ1v) is 7.90. The van der Waals surface area contributed by atoms with Crippen LogP contribution < -0.4 is 4.74 Å². The number of imidazole rings is 1. The molecule has 3 nitrogen and oxygen atoms in total. The van der Waals surface area contributed by atoms with Crippen LogP contribution in [-0.4, -0.2) is 16.2 Å². The molecular formula is C16H21ClN2O. The number of hydrogen-bond acceptors (Lipinski definition) is 2. The largest absolute Gasteiger partial charge is 0.492 e. The van der Waals surface area contributed by atoms with Crippen molar-refractivity contribution < 1.29 is 4.74 Å². The number of alkyl halides is 1. The van der Waals surface area contributed by atoms with Crippen molar-refractivity contribution in [3.63, 3.8) is 0 Å². The number of nitrogens with zero attached hydrogens (tertiary/aromatic N) is 2. The van der Waals surface area contributed by atoms with Crippen LogP contribution in [0, 0.1) is 5.92 Å². The highest BCUT2D eigenvalue weighted by molar-refractivity contribution is 6.20. The molecule has 1 aliphatic carbocycles. The summed E-state index contributed by atoms with van der Waals surface area (Å²) in [7, 11) is 0. The van der Waals surface area contributed by atoms with E-state index in [1.54, 1.807) is 0 Å². The lowest BCUT2D eigenvalue weighted by molar-refractivity contribution is 0.276. The molecule has 1 heterocycles. The Morgan fingerprint density at radius 3 is 2.85 bits per heavy atom. The van der Waals surface area contributed by atoms with Crippen molar-refractivity contribution in [2.75, 3.05) is 6.61 Å². The van der Waals surface area contributed by atoms with Gasteiger partial charge in [-0.05, 0) is 44.7 Å². The first-order chi connectivity index (χ1) is 9.70. The van der Waals surface area contributed by atoms with Gasteiger partial charge in [0.25, 0.3) is 0 Å². The van der Waals surface area contributed by atoms with Crippen LogP contribution in [0.25, 0.3) is 11.0 Å². The lowest BCUT2D eigenvalue weighted by atomic mass is 9.85. The van der Waals surface area contributed by atoms with E-state index >= 15 is 0 Å². The predicted octanol–water partition coefficient (Wildman–Crippen LogP) is 4.53. The maximum Gasteiger partial charge on any atom is 0.147 e. The summed E-state index contributed by atoms with van der Waals surface area (Å²) in [5.41, 5.74) is 2.08. The van der Waals surface area contributed by atoms with Crippen LogP contribution in [0.1, 0.15) is 44.3 Å². The molecule has 3 rings (SSSR count). The average Bonchev–Trinajstić information content (AvgIpc) is 2.74. The Morgan fingerprint density at radius 2 is 2.25 bits per heavy atom. The maximum atomic E-state index is 6.33. The van der Waals surface area contributed by atoms with Crippen LogP contribution in [0.2, 0.25) is 0 Å². The van der Waals surface area contributed by atoms with Crippen molar-refractivity contribution in [1.29, 1.82) is 0 Å². The summed E-state index contributed by atoms with van der Waals surface area (Å²) in [4.78, 5) is 4.75. The molecule has 108 valence electrons. The summed E-state index contributed by atoms with van der Waals surface area (Å²) in [5, 5.41) is -0.0862. The zero-order valence-electron chi connectivity index (χ0n) is 12.1. The molecule has 0 N–H and O–H groups in total. The fourth-order valence-corrected chi connectivity index (χ4v) is 3.01. The number of halogens is 1. The Labute approximate surface area is 124 Å². The molecule has 1 aliphatic rings. The Balaban J connectivity index is 2.08. The van der Waals surface area contributed by atoms with Crippen molar-refractivity contribution in [3.8, 4) is 5.75 Å². The SMILES string of the molecule is CCOc1cccc2c1nc(C(C)Cl)n2CC1CCC1. The average molecular weight is 293 g/mol. The van der Waals surface area contributed by atoms with Gasteiger partial charge in [-0.15, -0.1) is 11.6 Å². The van der Waals surface area contributed by atoms with Gasteiger partial charge in [-0.2, -0.15) is 0 Å². The molecule has 1 atom stereocenters. The summed E-state index contributed by atoms with van der Waals surface area (Å²) in [5.74, 6) is 2.59. The Bertz CT molecular complexity index is 602. The number of benzene rings is 1. The molecule has 0 bridgehead atoms. The lowest BCUT2D eigenvalue weighted by Gasteiger charge is -2.27. The molecule has 0 radical (unpaired) electrons. The van der Waals surface area contributed by atoms with E-state index in [4.69, 9.17) is 21.3 Å². The normalized spacial score (nSPS) is 17.1. The minimum atomic E-state index is -0.0862. The van der Waals surface area contributed by atoms with Crippen LogP contribution in [-0.2, 0) is 6.54 Å². The lowest BCUT2D eigenvalue weighted by Crippen LogP contribution is -2.19. The third kappa shape index (κ3) is 2.39. The highest BCUT2D eigenvalue weighted by atomic mass is 35.5. The van der Waals surface area contributed by atoms with Crippen LogP contribution in [0.4, 0.5) is 0 Å². The van der Waals surface area contributed by atoms with E-state index in [1.165, 1.54) is 19.3 Å². The molecule has 1 fully saturated rings. The second kappa shape index (κ2) is 5.65. The molecule has 20 heavy (non-hydrogen) atoms. The van der Waals surface area contributed by atoms with Gasteiger partial charge in [-0.3, -0.25) is 0 Å². The van der Waals surface area contributed by atoms with Crippen LogP contribution in [0.15, 0.2) is 18.2 Å². The first-order valence-electron chi connectivity index (χ1n) is 7.46. The summed E-state index contributed by atoms with van der Waals surface area (Å²) in [6.45, 7) is 5.66. The van der Waals surface area contributed by atoms with Crippen molar-refractivity contribution in [1.82, 2.24) is 9.55 Å². The molecule has 0 saturated heterocycles. The van der Waals surface area contributed by atoms with E-state index in [-0.39, 0.29) is 5.38 Å². The summed E-state index contributed by atoms with van der Waals surface area (Å²) >= 11 is 6.33. The van der Waals surface area contributed by atoms with Gasteiger partial charge < -0.3 is 9.30 Å². The number of aromatic nitrogens is 2. The summed E-state index contributed by atoms with van der Waals surface area (Å²) < 4.78 is 7.98. The van der Waals surface area contributed by atoms with Gasteiger partial charge in [-0.1, -0.05) is 12.5 Å². The minimum Gasteiger partial charge on any atom is -0.492 e. The molecule has 2 aromatic rings. The van der Waals surface area contributed by atoms with Gasteiger partial charge in [0.1, 0.15) is 17.1 Å². The van der Waals surface area contributed by atoms with Gasteiger partial charge in [0.15, 0.2) is 0 Å². The second-order valence-electron chi connectivity index (χ2n) is 5.55. The van der Waals surface area contributed by atoms with Gasteiger partial charge in [-0.25, -0.2) is 4.98 Å². The number of para-hydroxylation sites is 1. The van der Waals surface area contributed by atoms with Gasteiger partial charge >= 0.3 is 0 Å². The third-order valence-electron chi connectivity index (χ3n) is 4.09. The smallest absolute Gasteiger partial charge is 0.147 e. The highest BCUT2D eigenvalue weighted by Gasteiger charge is 2.23. The first kappa shape index (κ1) is 13.7.